The molecule has 1 aromatic heterocycles. The minimum Gasteiger partial charge on any atom is -0.309 e. The van der Waals surface area contributed by atoms with Crippen LogP contribution in [-0.4, -0.2) is 4.57 Å². The lowest BCUT2D eigenvalue weighted by atomic mass is 9.86. The third-order valence-corrected chi connectivity index (χ3v) is 9.95. The number of para-hydroxylation sites is 2. The predicted octanol–water partition coefficient (Wildman–Crippen LogP) is 12.7. The van der Waals surface area contributed by atoms with E-state index >= 15 is 0 Å². The van der Waals surface area contributed by atoms with Gasteiger partial charge in [0.05, 0.1) is 11.0 Å². The first-order chi connectivity index (χ1) is 23.3. The maximum Gasteiger partial charge on any atom is 0.0547 e. The normalized spacial score (nSPS) is 11.8. The Morgan fingerprint density at radius 1 is 0.298 bits per heavy atom. The lowest BCUT2D eigenvalue weighted by Gasteiger charge is -2.17. The maximum atomic E-state index is 2.39. The van der Waals surface area contributed by atoms with Gasteiger partial charge in [0.2, 0.25) is 0 Å². The molecule has 1 heterocycles. The summed E-state index contributed by atoms with van der Waals surface area (Å²) in [6.07, 6.45) is 0. The van der Waals surface area contributed by atoms with Gasteiger partial charge in [-0.15, -0.1) is 0 Å². The lowest BCUT2D eigenvalue weighted by Crippen LogP contribution is -1.93. The lowest BCUT2D eigenvalue weighted by molar-refractivity contribution is 1.18. The Labute approximate surface area is 272 Å². The molecule has 1 heteroatoms. The van der Waals surface area contributed by atoms with Crippen LogP contribution in [0, 0.1) is 0 Å². The number of rotatable bonds is 3. The van der Waals surface area contributed by atoms with Gasteiger partial charge in [-0.1, -0.05) is 146 Å². The summed E-state index contributed by atoms with van der Waals surface area (Å²) in [5.41, 5.74) is 8.57. The highest BCUT2D eigenvalue weighted by molar-refractivity contribution is 6.32. The largest absolute Gasteiger partial charge is 0.309 e. The van der Waals surface area contributed by atoms with Crippen LogP contribution in [0.2, 0.25) is 0 Å². The Bertz CT molecular complexity index is 2820. The molecule has 218 valence electrons. The zero-order valence-corrected chi connectivity index (χ0v) is 25.7. The van der Waals surface area contributed by atoms with Gasteiger partial charge in [-0.2, -0.15) is 0 Å². The fraction of sp³-hybridized carbons (Fsp3) is 0. The first-order valence-corrected chi connectivity index (χ1v) is 16.3. The van der Waals surface area contributed by atoms with Gasteiger partial charge in [-0.3, -0.25) is 0 Å². The summed E-state index contributed by atoms with van der Waals surface area (Å²) in [5.74, 6) is 0. The highest BCUT2D eigenvalue weighted by Crippen LogP contribution is 2.44. The smallest absolute Gasteiger partial charge is 0.0547 e. The van der Waals surface area contributed by atoms with E-state index in [4.69, 9.17) is 0 Å². The summed E-state index contributed by atoms with van der Waals surface area (Å²) in [6.45, 7) is 0. The van der Waals surface area contributed by atoms with Crippen LogP contribution < -0.4 is 0 Å². The number of aromatic nitrogens is 1. The van der Waals surface area contributed by atoms with E-state index in [2.05, 4.69) is 180 Å². The summed E-state index contributed by atoms with van der Waals surface area (Å²) in [7, 11) is 0. The third-order valence-electron chi connectivity index (χ3n) is 9.95. The van der Waals surface area contributed by atoms with E-state index in [1.54, 1.807) is 0 Å². The van der Waals surface area contributed by atoms with E-state index in [1.807, 2.05) is 0 Å². The van der Waals surface area contributed by atoms with Gasteiger partial charge < -0.3 is 4.57 Å². The number of fused-ring (bicyclic) bond motifs is 10. The van der Waals surface area contributed by atoms with Crippen molar-refractivity contribution in [1.82, 2.24) is 4.57 Å². The molecule has 10 rings (SSSR count). The van der Waals surface area contributed by atoms with E-state index in [0.29, 0.717) is 0 Å². The molecule has 0 spiro atoms. The fourth-order valence-electron chi connectivity index (χ4n) is 7.86. The SMILES string of the molecule is c1ccc(-n2c3ccccc3c3ccc(-c4ccc(-c5c6ccccc6cc6c7ccccc7c7ccccc7c56)cc4)cc32)cc1. The minimum atomic E-state index is 1.17. The molecule has 0 saturated carbocycles. The molecule has 0 bridgehead atoms. The van der Waals surface area contributed by atoms with Crippen molar-refractivity contribution in [2.45, 2.75) is 0 Å². The molecular formula is C46H29N. The molecule has 0 atom stereocenters. The first-order valence-electron chi connectivity index (χ1n) is 16.3. The van der Waals surface area contributed by atoms with E-state index in [0.717, 1.165) is 0 Å². The van der Waals surface area contributed by atoms with E-state index in [-0.39, 0.29) is 0 Å². The van der Waals surface area contributed by atoms with Gasteiger partial charge in [0.15, 0.2) is 0 Å². The molecule has 0 aliphatic carbocycles. The molecule has 47 heavy (non-hydrogen) atoms. The zero-order chi connectivity index (χ0) is 30.9. The van der Waals surface area contributed by atoms with Crippen molar-refractivity contribution < 1.29 is 0 Å². The number of benzene rings is 9. The van der Waals surface area contributed by atoms with E-state index in [1.165, 1.54) is 92.8 Å². The summed E-state index contributed by atoms with van der Waals surface area (Å²) < 4.78 is 2.39. The highest BCUT2D eigenvalue weighted by Gasteiger charge is 2.17. The average molecular weight is 596 g/mol. The Balaban J connectivity index is 1.20. The number of hydrogen-bond acceptors (Lipinski definition) is 0. The van der Waals surface area contributed by atoms with Crippen molar-refractivity contribution in [1.29, 1.82) is 0 Å². The van der Waals surface area contributed by atoms with Crippen molar-refractivity contribution in [3.8, 4) is 27.9 Å². The van der Waals surface area contributed by atoms with Crippen LogP contribution in [0.5, 0.6) is 0 Å². The average Bonchev–Trinajstić information content (AvgIpc) is 3.48. The topological polar surface area (TPSA) is 4.93 Å². The van der Waals surface area contributed by atoms with Crippen molar-refractivity contribution in [3.05, 3.63) is 176 Å². The summed E-state index contributed by atoms with van der Waals surface area (Å²) in [6, 6.07) is 64.5. The van der Waals surface area contributed by atoms with Gasteiger partial charge in [-0.25, -0.2) is 0 Å². The molecular weight excluding hydrogens is 567 g/mol. The molecule has 0 unspecified atom stereocenters. The minimum absolute atomic E-state index is 1.17. The summed E-state index contributed by atoms with van der Waals surface area (Å²) >= 11 is 0. The van der Waals surface area contributed by atoms with Gasteiger partial charge in [0, 0.05) is 16.5 Å². The highest BCUT2D eigenvalue weighted by atomic mass is 15.0. The Morgan fingerprint density at radius 3 is 1.60 bits per heavy atom. The Hall–Kier alpha value is -6.18. The van der Waals surface area contributed by atoms with Crippen LogP contribution >= 0.6 is 0 Å². The fourth-order valence-corrected chi connectivity index (χ4v) is 7.86. The number of hydrogen-bond donors (Lipinski definition) is 0. The molecule has 0 N–H and O–H groups in total. The second kappa shape index (κ2) is 10.2. The molecule has 0 radical (unpaired) electrons. The van der Waals surface area contributed by atoms with Crippen molar-refractivity contribution in [2.75, 3.05) is 0 Å². The van der Waals surface area contributed by atoms with Crippen molar-refractivity contribution in [2.24, 2.45) is 0 Å². The second-order valence-corrected chi connectivity index (χ2v) is 12.5. The van der Waals surface area contributed by atoms with Crippen LogP contribution in [0.1, 0.15) is 0 Å². The molecule has 0 amide bonds. The molecule has 0 aliphatic heterocycles. The number of nitrogens with zero attached hydrogens (tertiary/aromatic N) is 1. The Morgan fingerprint density at radius 2 is 0.830 bits per heavy atom. The molecule has 10 aromatic rings. The standard InChI is InChI=1S/C46H29N/c1-2-13-34(14-3-1)47-43-21-11-10-19-39(43)40-27-26-32(29-44(40)47)30-22-24-31(25-23-30)45-35-15-5-4-12-33(35)28-42-38-18-7-6-16-36(38)37-17-8-9-20-41(37)46(42)45/h1-29H. The predicted molar refractivity (Wildman–Crippen MR) is 202 cm³/mol. The maximum absolute atomic E-state index is 2.39. The van der Waals surface area contributed by atoms with Crippen molar-refractivity contribution >= 4 is 64.9 Å². The Kier molecular flexibility index (Phi) is 5.64. The van der Waals surface area contributed by atoms with Gasteiger partial charge in [-0.05, 0) is 95.7 Å². The van der Waals surface area contributed by atoms with Gasteiger partial charge in [0.25, 0.3) is 0 Å². The van der Waals surface area contributed by atoms with Gasteiger partial charge in [0.1, 0.15) is 0 Å². The van der Waals surface area contributed by atoms with Crippen LogP contribution in [0.25, 0.3) is 92.8 Å². The molecule has 0 fully saturated rings. The van der Waals surface area contributed by atoms with E-state index in [9.17, 15) is 0 Å². The second-order valence-electron chi connectivity index (χ2n) is 12.5. The van der Waals surface area contributed by atoms with E-state index < -0.39 is 0 Å². The monoisotopic (exact) mass is 595 g/mol. The zero-order valence-electron chi connectivity index (χ0n) is 25.7. The van der Waals surface area contributed by atoms with Crippen LogP contribution in [0.4, 0.5) is 0 Å². The van der Waals surface area contributed by atoms with Gasteiger partial charge >= 0.3 is 0 Å². The third kappa shape index (κ3) is 3.90. The van der Waals surface area contributed by atoms with Crippen LogP contribution in [0.3, 0.4) is 0 Å². The van der Waals surface area contributed by atoms with Crippen LogP contribution in [-0.2, 0) is 0 Å². The summed E-state index contributed by atoms with van der Waals surface area (Å²) in [5, 5.41) is 12.9. The van der Waals surface area contributed by atoms with Crippen LogP contribution in [0.15, 0.2) is 176 Å². The molecule has 9 aromatic carbocycles. The first kappa shape index (κ1) is 26.1. The molecule has 0 aliphatic rings. The van der Waals surface area contributed by atoms with Crippen molar-refractivity contribution in [3.63, 3.8) is 0 Å². The molecule has 0 saturated heterocycles. The summed E-state index contributed by atoms with van der Waals surface area (Å²) in [4.78, 5) is 0. The molecule has 1 nitrogen and oxygen atoms in total. The quantitative estimate of drug-likeness (QED) is 0.141.